The number of hydrogen-bond donors (Lipinski definition) is 0. The average Bonchev–Trinajstić information content (AvgIpc) is 2.53. The number of rotatable bonds is 6. The standard InChI is InChI=1S/C18H20O2/c1-4-14-8-12-18(20-3)16(13-14)9-5-15-6-10-17(19-2)11-7-15/h4,6-8,10-13H,1,5,9H2,2-3H3. The summed E-state index contributed by atoms with van der Waals surface area (Å²) in [6.45, 7) is 3.81. The second-order valence-electron chi connectivity index (χ2n) is 4.62. The summed E-state index contributed by atoms with van der Waals surface area (Å²) in [7, 11) is 3.39. The lowest BCUT2D eigenvalue weighted by atomic mass is 10.0. The summed E-state index contributed by atoms with van der Waals surface area (Å²) in [5.41, 5.74) is 3.62. The molecule has 0 aliphatic heterocycles. The first-order valence-electron chi connectivity index (χ1n) is 6.69. The van der Waals surface area contributed by atoms with Gasteiger partial charge in [0.2, 0.25) is 0 Å². The number of aryl methyl sites for hydroxylation is 2. The van der Waals surface area contributed by atoms with Gasteiger partial charge in [0.05, 0.1) is 14.2 Å². The van der Waals surface area contributed by atoms with Crippen LogP contribution in [0.5, 0.6) is 11.5 Å². The van der Waals surface area contributed by atoms with Crippen LogP contribution in [0.15, 0.2) is 49.0 Å². The minimum Gasteiger partial charge on any atom is -0.497 e. The zero-order valence-corrected chi connectivity index (χ0v) is 12.1. The van der Waals surface area contributed by atoms with Crippen molar-refractivity contribution >= 4 is 6.08 Å². The maximum absolute atomic E-state index is 5.42. The highest BCUT2D eigenvalue weighted by molar-refractivity contribution is 5.51. The van der Waals surface area contributed by atoms with E-state index in [0.717, 1.165) is 29.9 Å². The van der Waals surface area contributed by atoms with Crippen molar-refractivity contribution in [1.82, 2.24) is 0 Å². The molecule has 2 heteroatoms. The quantitative estimate of drug-likeness (QED) is 0.784. The molecule has 2 rings (SSSR count). The molecule has 0 atom stereocenters. The molecule has 0 saturated carbocycles. The summed E-state index contributed by atoms with van der Waals surface area (Å²) in [5.74, 6) is 1.82. The zero-order valence-electron chi connectivity index (χ0n) is 12.1. The molecule has 0 aliphatic rings. The SMILES string of the molecule is C=Cc1ccc(OC)c(CCc2ccc(OC)cc2)c1. The third-order valence-corrected chi connectivity index (χ3v) is 3.38. The van der Waals surface area contributed by atoms with Crippen molar-refractivity contribution in [2.45, 2.75) is 12.8 Å². The molecule has 0 bridgehead atoms. The Morgan fingerprint density at radius 2 is 1.70 bits per heavy atom. The van der Waals surface area contributed by atoms with E-state index in [1.54, 1.807) is 14.2 Å². The number of ether oxygens (including phenoxy) is 2. The van der Waals surface area contributed by atoms with Crippen molar-refractivity contribution in [3.63, 3.8) is 0 Å². The van der Waals surface area contributed by atoms with E-state index in [2.05, 4.69) is 24.8 Å². The summed E-state index contributed by atoms with van der Waals surface area (Å²) in [6.07, 6.45) is 3.77. The maximum Gasteiger partial charge on any atom is 0.122 e. The van der Waals surface area contributed by atoms with Gasteiger partial charge < -0.3 is 9.47 Å². The second-order valence-corrected chi connectivity index (χ2v) is 4.62. The lowest BCUT2D eigenvalue weighted by Crippen LogP contribution is -1.96. The number of benzene rings is 2. The van der Waals surface area contributed by atoms with Crippen LogP contribution in [-0.4, -0.2) is 14.2 Å². The van der Waals surface area contributed by atoms with E-state index in [0.29, 0.717) is 0 Å². The summed E-state index contributed by atoms with van der Waals surface area (Å²) in [4.78, 5) is 0. The highest BCUT2D eigenvalue weighted by Gasteiger charge is 2.04. The average molecular weight is 268 g/mol. The number of hydrogen-bond acceptors (Lipinski definition) is 2. The van der Waals surface area contributed by atoms with Gasteiger partial charge in [0.15, 0.2) is 0 Å². The Hall–Kier alpha value is -2.22. The molecule has 0 fully saturated rings. The van der Waals surface area contributed by atoms with Gasteiger partial charge in [0, 0.05) is 0 Å². The molecule has 0 amide bonds. The first-order chi connectivity index (χ1) is 9.76. The van der Waals surface area contributed by atoms with Crippen LogP contribution in [0.3, 0.4) is 0 Å². The van der Waals surface area contributed by atoms with Crippen LogP contribution in [0.1, 0.15) is 16.7 Å². The van der Waals surface area contributed by atoms with Gasteiger partial charge in [-0.3, -0.25) is 0 Å². The van der Waals surface area contributed by atoms with Gasteiger partial charge in [-0.25, -0.2) is 0 Å². The Morgan fingerprint density at radius 1 is 0.950 bits per heavy atom. The summed E-state index contributed by atoms with van der Waals surface area (Å²) in [6, 6.07) is 14.3. The lowest BCUT2D eigenvalue weighted by molar-refractivity contribution is 0.409. The molecule has 20 heavy (non-hydrogen) atoms. The van der Waals surface area contributed by atoms with Gasteiger partial charge >= 0.3 is 0 Å². The van der Waals surface area contributed by atoms with E-state index < -0.39 is 0 Å². The molecular formula is C18H20O2. The van der Waals surface area contributed by atoms with Crippen molar-refractivity contribution in [1.29, 1.82) is 0 Å². The van der Waals surface area contributed by atoms with Crippen LogP contribution >= 0.6 is 0 Å². The molecule has 2 aromatic carbocycles. The fraction of sp³-hybridized carbons (Fsp3) is 0.222. The molecule has 104 valence electrons. The Balaban J connectivity index is 2.10. The molecule has 0 saturated heterocycles. The topological polar surface area (TPSA) is 18.5 Å². The summed E-state index contributed by atoms with van der Waals surface area (Å²) < 4.78 is 10.6. The van der Waals surface area contributed by atoms with Crippen molar-refractivity contribution < 1.29 is 9.47 Å². The normalized spacial score (nSPS) is 10.1. The van der Waals surface area contributed by atoms with Gasteiger partial charge in [-0.1, -0.05) is 30.9 Å². The molecule has 0 spiro atoms. The number of methoxy groups -OCH3 is 2. The van der Waals surface area contributed by atoms with Gasteiger partial charge in [-0.2, -0.15) is 0 Å². The molecule has 0 unspecified atom stereocenters. The summed E-state index contributed by atoms with van der Waals surface area (Å²) >= 11 is 0. The third kappa shape index (κ3) is 3.41. The van der Waals surface area contributed by atoms with E-state index in [9.17, 15) is 0 Å². The van der Waals surface area contributed by atoms with Gasteiger partial charge in [0.25, 0.3) is 0 Å². The smallest absolute Gasteiger partial charge is 0.122 e. The maximum atomic E-state index is 5.42. The predicted octanol–water partition coefficient (Wildman–Crippen LogP) is 4.13. The van der Waals surface area contributed by atoms with Crippen LogP contribution in [-0.2, 0) is 12.8 Å². The third-order valence-electron chi connectivity index (χ3n) is 3.38. The van der Waals surface area contributed by atoms with Crippen molar-refractivity contribution in [3.05, 3.63) is 65.7 Å². The molecule has 0 aromatic heterocycles. The molecular weight excluding hydrogens is 248 g/mol. The first kappa shape index (κ1) is 14.2. The monoisotopic (exact) mass is 268 g/mol. The van der Waals surface area contributed by atoms with Crippen LogP contribution < -0.4 is 9.47 Å². The largest absolute Gasteiger partial charge is 0.497 e. The first-order valence-corrected chi connectivity index (χ1v) is 6.69. The minimum atomic E-state index is 0.889. The minimum absolute atomic E-state index is 0.889. The van der Waals surface area contributed by atoms with Crippen LogP contribution in [0.2, 0.25) is 0 Å². The predicted molar refractivity (Wildman–Crippen MR) is 83.5 cm³/mol. The Morgan fingerprint density at radius 3 is 2.30 bits per heavy atom. The molecule has 2 aromatic rings. The van der Waals surface area contributed by atoms with Crippen LogP contribution in [0, 0.1) is 0 Å². The molecule has 2 nitrogen and oxygen atoms in total. The molecule has 0 N–H and O–H groups in total. The van der Waals surface area contributed by atoms with Gasteiger partial charge in [-0.15, -0.1) is 0 Å². The molecule has 0 heterocycles. The van der Waals surface area contributed by atoms with Crippen LogP contribution in [0.4, 0.5) is 0 Å². The van der Waals surface area contributed by atoms with E-state index in [1.165, 1.54) is 11.1 Å². The van der Waals surface area contributed by atoms with E-state index >= 15 is 0 Å². The van der Waals surface area contributed by atoms with Gasteiger partial charge in [-0.05, 0) is 53.8 Å². The molecule has 0 radical (unpaired) electrons. The fourth-order valence-electron chi connectivity index (χ4n) is 2.19. The van der Waals surface area contributed by atoms with E-state index in [1.807, 2.05) is 30.3 Å². The Kier molecular flexibility index (Phi) is 4.83. The Labute approximate surface area is 120 Å². The Bertz CT molecular complexity index is 570. The van der Waals surface area contributed by atoms with E-state index in [4.69, 9.17) is 9.47 Å². The van der Waals surface area contributed by atoms with Gasteiger partial charge in [0.1, 0.15) is 11.5 Å². The van der Waals surface area contributed by atoms with Crippen molar-refractivity contribution in [3.8, 4) is 11.5 Å². The highest BCUT2D eigenvalue weighted by Crippen LogP contribution is 2.22. The zero-order chi connectivity index (χ0) is 14.4. The molecule has 0 aliphatic carbocycles. The summed E-state index contributed by atoms with van der Waals surface area (Å²) in [5, 5.41) is 0. The van der Waals surface area contributed by atoms with Crippen molar-refractivity contribution in [2.75, 3.05) is 14.2 Å². The van der Waals surface area contributed by atoms with Crippen LogP contribution in [0.25, 0.3) is 6.08 Å². The second kappa shape index (κ2) is 6.80. The fourth-order valence-corrected chi connectivity index (χ4v) is 2.19. The van der Waals surface area contributed by atoms with E-state index in [-0.39, 0.29) is 0 Å². The highest BCUT2D eigenvalue weighted by atomic mass is 16.5. The van der Waals surface area contributed by atoms with Crippen molar-refractivity contribution in [2.24, 2.45) is 0 Å². The lowest BCUT2D eigenvalue weighted by Gasteiger charge is -2.10.